The Labute approximate surface area is 185 Å². The lowest BCUT2D eigenvalue weighted by Crippen LogP contribution is -2.15. The van der Waals surface area contributed by atoms with E-state index in [0.29, 0.717) is 75.9 Å². The zero-order valence-corrected chi connectivity index (χ0v) is 18.5. The van der Waals surface area contributed by atoms with Gasteiger partial charge in [0.1, 0.15) is 26.4 Å². The predicted molar refractivity (Wildman–Crippen MR) is 119 cm³/mol. The summed E-state index contributed by atoms with van der Waals surface area (Å²) >= 11 is 0. The third kappa shape index (κ3) is 10.4. The van der Waals surface area contributed by atoms with Crippen molar-refractivity contribution >= 4 is 0 Å². The molecule has 1 heterocycles. The lowest BCUT2D eigenvalue weighted by molar-refractivity contribution is 0.0640. The van der Waals surface area contributed by atoms with Gasteiger partial charge >= 0.3 is 0 Å². The van der Waals surface area contributed by atoms with E-state index in [4.69, 9.17) is 33.2 Å². The maximum Gasteiger partial charge on any atom is 0.161 e. The Balaban J connectivity index is 0.000000614. The summed E-state index contributed by atoms with van der Waals surface area (Å²) in [4.78, 5) is 0. The Bertz CT molecular complexity index is 594. The average molecular weight is 435 g/mol. The van der Waals surface area contributed by atoms with Crippen molar-refractivity contribution < 1.29 is 33.2 Å². The fraction of sp³-hybridized carbons (Fsp3) is 0.500. The highest BCUT2D eigenvalue weighted by Crippen LogP contribution is 2.27. The van der Waals surface area contributed by atoms with Gasteiger partial charge in [0.2, 0.25) is 0 Å². The lowest BCUT2D eigenvalue weighted by atomic mass is 10.3. The smallest absolute Gasteiger partial charge is 0.161 e. The zero-order valence-electron chi connectivity index (χ0n) is 18.5. The molecule has 1 aliphatic heterocycles. The quantitative estimate of drug-likeness (QED) is 0.708. The Morgan fingerprint density at radius 1 is 0.516 bits per heavy atom. The number of benzene rings is 2. The minimum atomic E-state index is 0.441. The number of rotatable bonds is 2. The average Bonchev–Trinajstić information content (AvgIpc) is 2.80. The van der Waals surface area contributed by atoms with Gasteiger partial charge in [0.25, 0.3) is 0 Å². The van der Waals surface area contributed by atoms with Crippen molar-refractivity contribution in [2.75, 3.05) is 66.1 Å². The van der Waals surface area contributed by atoms with E-state index in [1.807, 2.05) is 62.4 Å². The molecule has 0 atom stereocenters. The second-order valence-electron chi connectivity index (χ2n) is 6.29. The molecule has 0 bridgehead atoms. The van der Waals surface area contributed by atoms with Gasteiger partial charge in [-0.1, -0.05) is 24.3 Å². The van der Waals surface area contributed by atoms with Gasteiger partial charge < -0.3 is 33.2 Å². The highest BCUT2D eigenvalue weighted by molar-refractivity contribution is 5.40. The van der Waals surface area contributed by atoms with Crippen molar-refractivity contribution in [2.24, 2.45) is 0 Å². The lowest BCUT2D eigenvalue weighted by Gasteiger charge is -2.15. The summed E-state index contributed by atoms with van der Waals surface area (Å²) in [5, 5.41) is 0. The van der Waals surface area contributed by atoms with E-state index >= 15 is 0 Å². The minimum absolute atomic E-state index is 0.441. The maximum atomic E-state index is 5.74. The van der Waals surface area contributed by atoms with E-state index in [1.54, 1.807) is 0 Å². The molecule has 2 aromatic carbocycles. The third-order valence-corrected chi connectivity index (χ3v) is 4.05. The molecule has 2 aromatic rings. The van der Waals surface area contributed by atoms with Crippen LogP contribution in [0.4, 0.5) is 0 Å². The summed E-state index contributed by atoms with van der Waals surface area (Å²) in [5.41, 5.74) is 0. The van der Waals surface area contributed by atoms with Crippen molar-refractivity contribution in [3.63, 3.8) is 0 Å². The molecule has 0 aliphatic carbocycles. The molecule has 0 fully saturated rings. The van der Waals surface area contributed by atoms with Crippen LogP contribution in [0.2, 0.25) is 0 Å². The van der Waals surface area contributed by atoms with Crippen LogP contribution in [0.15, 0.2) is 48.5 Å². The number of para-hydroxylation sites is 4. The second-order valence-corrected chi connectivity index (χ2v) is 6.29. The molecule has 0 aromatic heterocycles. The molecular weight excluding hydrogens is 400 g/mol. The molecule has 0 unspecified atom stereocenters. The Hall–Kier alpha value is -2.48. The molecule has 0 saturated carbocycles. The first kappa shape index (κ1) is 24.8. The number of hydrogen-bond donors (Lipinski definition) is 0. The van der Waals surface area contributed by atoms with Crippen LogP contribution in [-0.4, -0.2) is 66.1 Å². The van der Waals surface area contributed by atoms with E-state index in [0.717, 1.165) is 13.2 Å². The third-order valence-electron chi connectivity index (χ3n) is 4.05. The van der Waals surface area contributed by atoms with Crippen LogP contribution in [-0.2, 0) is 14.2 Å². The summed E-state index contributed by atoms with van der Waals surface area (Å²) in [5.74, 6) is 2.80. The van der Waals surface area contributed by atoms with Crippen LogP contribution in [0, 0.1) is 0 Å². The monoisotopic (exact) mass is 434 g/mol. The van der Waals surface area contributed by atoms with Crippen LogP contribution < -0.4 is 18.9 Å². The van der Waals surface area contributed by atoms with Gasteiger partial charge in [-0.2, -0.15) is 0 Å². The van der Waals surface area contributed by atoms with Crippen LogP contribution in [0.3, 0.4) is 0 Å². The Kier molecular flexibility index (Phi) is 13.0. The van der Waals surface area contributed by atoms with E-state index < -0.39 is 0 Å². The highest BCUT2D eigenvalue weighted by atomic mass is 16.6. The molecular formula is C24H34O7. The molecule has 7 nitrogen and oxygen atoms in total. The standard InChI is InChI=1S/C20H24O6.C4H10O/c1-2-6-18-17(5-1)23-13-9-21-11-15-25-19-7-3-4-8-20(19)26-16-12-22-10-14-24-18;1-3-5-4-2/h1-8H,9-16H2;3-4H2,1-2H3. The molecule has 0 radical (unpaired) electrons. The molecule has 0 amide bonds. The first-order valence-electron chi connectivity index (χ1n) is 10.8. The van der Waals surface area contributed by atoms with Crippen LogP contribution in [0.1, 0.15) is 13.8 Å². The molecule has 0 saturated heterocycles. The highest BCUT2D eigenvalue weighted by Gasteiger charge is 2.06. The van der Waals surface area contributed by atoms with Crippen molar-refractivity contribution in [3.05, 3.63) is 48.5 Å². The first-order valence-corrected chi connectivity index (χ1v) is 10.8. The van der Waals surface area contributed by atoms with Gasteiger partial charge in [-0.25, -0.2) is 0 Å². The molecule has 31 heavy (non-hydrogen) atoms. The summed E-state index contributed by atoms with van der Waals surface area (Å²) < 4.78 is 38.9. The van der Waals surface area contributed by atoms with Gasteiger partial charge in [0, 0.05) is 13.2 Å². The number of hydrogen-bond acceptors (Lipinski definition) is 7. The van der Waals surface area contributed by atoms with Crippen molar-refractivity contribution in [1.29, 1.82) is 0 Å². The van der Waals surface area contributed by atoms with Crippen molar-refractivity contribution in [3.8, 4) is 23.0 Å². The summed E-state index contributed by atoms with van der Waals surface area (Å²) in [7, 11) is 0. The fourth-order valence-electron chi connectivity index (χ4n) is 2.63. The summed E-state index contributed by atoms with van der Waals surface area (Å²) in [6, 6.07) is 15.2. The van der Waals surface area contributed by atoms with E-state index in [-0.39, 0.29) is 0 Å². The molecule has 0 spiro atoms. The van der Waals surface area contributed by atoms with E-state index in [1.165, 1.54) is 0 Å². The SMILES string of the molecule is CCOCC.c1ccc2c(c1)OCCOCCOc1ccccc1OCCOCCO2. The van der Waals surface area contributed by atoms with Gasteiger partial charge in [-0.05, 0) is 38.1 Å². The first-order chi connectivity index (χ1) is 15.3. The molecule has 172 valence electrons. The van der Waals surface area contributed by atoms with Crippen molar-refractivity contribution in [2.45, 2.75) is 13.8 Å². The maximum absolute atomic E-state index is 5.74. The predicted octanol–water partition coefficient (Wildman–Crippen LogP) is 3.99. The summed E-state index contributed by atoms with van der Waals surface area (Å²) in [6.45, 7) is 9.32. The molecule has 1 aliphatic rings. The number of ether oxygens (including phenoxy) is 7. The summed E-state index contributed by atoms with van der Waals surface area (Å²) in [6.07, 6.45) is 0. The zero-order chi connectivity index (χ0) is 22.0. The Morgan fingerprint density at radius 3 is 1.03 bits per heavy atom. The van der Waals surface area contributed by atoms with Crippen molar-refractivity contribution in [1.82, 2.24) is 0 Å². The Morgan fingerprint density at radius 2 is 0.806 bits per heavy atom. The topological polar surface area (TPSA) is 64.6 Å². The largest absolute Gasteiger partial charge is 0.487 e. The molecule has 7 heteroatoms. The minimum Gasteiger partial charge on any atom is -0.487 e. The van der Waals surface area contributed by atoms with Gasteiger partial charge in [0.15, 0.2) is 23.0 Å². The van der Waals surface area contributed by atoms with Crippen LogP contribution in [0.25, 0.3) is 0 Å². The van der Waals surface area contributed by atoms with Gasteiger partial charge in [-0.3, -0.25) is 0 Å². The number of fused-ring (bicyclic) bond motifs is 2. The van der Waals surface area contributed by atoms with Crippen LogP contribution >= 0.6 is 0 Å². The normalized spacial score (nSPS) is 15.5. The van der Waals surface area contributed by atoms with Gasteiger partial charge in [0.05, 0.1) is 26.4 Å². The van der Waals surface area contributed by atoms with E-state index in [9.17, 15) is 0 Å². The molecule has 0 N–H and O–H groups in total. The fourth-order valence-corrected chi connectivity index (χ4v) is 2.63. The van der Waals surface area contributed by atoms with Crippen LogP contribution in [0.5, 0.6) is 23.0 Å². The molecule has 3 rings (SSSR count). The van der Waals surface area contributed by atoms with E-state index in [2.05, 4.69) is 0 Å². The van der Waals surface area contributed by atoms with Gasteiger partial charge in [-0.15, -0.1) is 0 Å². The second kappa shape index (κ2) is 16.2.